The van der Waals surface area contributed by atoms with Crippen molar-refractivity contribution in [2.75, 3.05) is 13.1 Å². The van der Waals surface area contributed by atoms with Crippen molar-refractivity contribution in [1.82, 2.24) is 14.5 Å². The van der Waals surface area contributed by atoms with Crippen molar-refractivity contribution in [3.8, 4) is 6.07 Å². The molecule has 1 fully saturated rings. The molecule has 0 spiro atoms. The van der Waals surface area contributed by atoms with Crippen molar-refractivity contribution < 1.29 is 5.11 Å². The molecule has 2 heterocycles. The van der Waals surface area contributed by atoms with Gasteiger partial charge in [-0.05, 0) is 54.8 Å². The number of nitriles is 1. The Morgan fingerprint density at radius 3 is 2.80 bits per heavy atom. The van der Waals surface area contributed by atoms with Gasteiger partial charge in [-0.15, -0.1) is 0 Å². The fraction of sp³-hybridized carbons (Fsp3) is 0.333. The summed E-state index contributed by atoms with van der Waals surface area (Å²) in [4.78, 5) is 6.71. The zero-order chi connectivity index (χ0) is 20.9. The van der Waals surface area contributed by atoms with Gasteiger partial charge in [0, 0.05) is 42.5 Å². The molecule has 30 heavy (non-hydrogen) atoms. The number of aromatic nitrogens is 2. The van der Waals surface area contributed by atoms with Gasteiger partial charge in [0.2, 0.25) is 0 Å². The summed E-state index contributed by atoms with van der Waals surface area (Å²) in [5.41, 5.74) is 3.85. The first-order chi connectivity index (χ1) is 14.6. The number of halogens is 1. The van der Waals surface area contributed by atoms with Crippen molar-refractivity contribution in [3.05, 3.63) is 88.5 Å². The van der Waals surface area contributed by atoms with E-state index in [9.17, 15) is 5.11 Å². The summed E-state index contributed by atoms with van der Waals surface area (Å²) in [7, 11) is 0. The summed E-state index contributed by atoms with van der Waals surface area (Å²) in [6.45, 7) is 2.67. The van der Waals surface area contributed by atoms with Crippen molar-refractivity contribution >= 4 is 11.6 Å². The number of hydrogen-bond donors (Lipinski definition) is 1. The fourth-order valence-electron chi connectivity index (χ4n) is 4.24. The minimum Gasteiger partial charge on any atom is -0.387 e. The predicted molar refractivity (Wildman–Crippen MR) is 117 cm³/mol. The van der Waals surface area contributed by atoms with E-state index in [1.165, 1.54) is 0 Å². The number of aliphatic hydroxyl groups excluding tert-OH is 1. The van der Waals surface area contributed by atoms with E-state index in [4.69, 9.17) is 16.9 Å². The van der Waals surface area contributed by atoms with Gasteiger partial charge in [0.1, 0.15) is 0 Å². The van der Waals surface area contributed by atoms with Crippen LogP contribution in [0.2, 0.25) is 5.02 Å². The average molecular weight is 421 g/mol. The SMILES string of the molecule is N#Cc1ccc(Cc2cncn2CCN2CCCC2[C@H](O)c2cccc(Cl)c2)cc1. The van der Waals surface area contributed by atoms with Gasteiger partial charge in [0.15, 0.2) is 0 Å². The van der Waals surface area contributed by atoms with Crippen molar-refractivity contribution in [2.45, 2.75) is 38.0 Å². The highest BCUT2D eigenvalue weighted by atomic mass is 35.5. The molecular weight excluding hydrogens is 396 g/mol. The summed E-state index contributed by atoms with van der Waals surface area (Å²) in [6.07, 6.45) is 6.09. The summed E-state index contributed by atoms with van der Waals surface area (Å²) in [5.74, 6) is 0. The quantitative estimate of drug-likeness (QED) is 0.622. The lowest BCUT2D eigenvalue weighted by Crippen LogP contribution is -2.36. The first kappa shape index (κ1) is 20.6. The molecule has 3 aromatic rings. The largest absolute Gasteiger partial charge is 0.387 e. The summed E-state index contributed by atoms with van der Waals surface area (Å²) in [6, 6.07) is 17.5. The Hall–Kier alpha value is -2.65. The van der Waals surface area contributed by atoms with Gasteiger partial charge < -0.3 is 9.67 Å². The van der Waals surface area contributed by atoms with Crippen LogP contribution in [-0.4, -0.2) is 38.7 Å². The highest BCUT2D eigenvalue weighted by Gasteiger charge is 2.31. The Labute approximate surface area is 182 Å². The summed E-state index contributed by atoms with van der Waals surface area (Å²) < 4.78 is 2.18. The molecule has 154 valence electrons. The van der Waals surface area contributed by atoms with Crippen molar-refractivity contribution in [3.63, 3.8) is 0 Å². The van der Waals surface area contributed by atoms with Crippen LogP contribution in [0, 0.1) is 11.3 Å². The second kappa shape index (κ2) is 9.44. The molecule has 1 aromatic heterocycles. The Morgan fingerprint density at radius 1 is 1.20 bits per heavy atom. The number of aliphatic hydroxyl groups is 1. The zero-order valence-corrected chi connectivity index (χ0v) is 17.5. The summed E-state index contributed by atoms with van der Waals surface area (Å²) in [5, 5.41) is 20.5. The van der Waals surface area contributed by atoms with E-state index in [0.717, 1.165) is 55.7 Å². The maximum atomic E-state index is 10.9. The van der Waals surface area contributed by atoms with E-state index in [1.807, 2.05) is 61.1 Å². The second-order valence-electron chi connectivity index (χ2n) is 7.81. The minimum atomic E-state index is -0.535. The van der Waals surface area contributed by atoms with E-state index in [1.54, 1.807) is 0 Å². The van der Waals surface area contributed by atoms with Crippen LogP contribution in [0.3, 0.4) is 0 Å². The van der Waals surface area contributed by atoms with Crippen LogP contribution in [-0.2, 0) is 13.0 Å². The first-order valence-corrected chi connectivity index (χ1v) is 10.7. The maximum Gasteiger partial charge on any atom is 0.0991 e. The van der Waals surface area contributed by atoms with Crippen LogP contribution in [0.4, 0.5) is 0 Å². The monoisotopic (exact) mass is 420 g/mol. The van der Waals surface area contributed by atoms with E-state index < -0.39 is 6.10 Å². The number of hydrogen-bond acceptors (Lipinski definition) is 4. The Bertz CT molecular complexity index is 1020. The van der Waals surface area contributed by atoms with E-state index in [0.29, 0.717) is 10.6 Å². The minimum absolute atomic E-state index is 0.106. The van der Waals surface area contributed by atoms with Crippen LogP contribution in [0.1, 0.15) is 41.3 Å². The van der Waals surface area contributed by atoms with Crippen LogP contribution >= 0.6 is 11.6 Å². The molecule has 0 aliphatic carbocycles. The maximum absolute atomic E-state index is 10.9. The molecule has 5 nitrogen and oxygen atoms in total. The van der Waals surface area contributed by atoms with Crippen LogP contribution in [0.25, 0.3) is 0 Å². The summed E-state index contributed by atoms with van der Waals surface area (Å²) >= 11 is 6.11. The number of rotatable bonds is 7. The highest BCUT2D eigenvalue weighted by Crippen LogP contribution is 2.30. The number of benzene rings is 2. The van der Waals surface area contributed by atoms with Gasteiger partial charge in [-0.25, -0.2) is 4.98 Å². The van der Waals surface area contributed by atoms with Gasteiger partial charge in [-0.1, -0.05) is 35.9 Å². The smallest absolute Gasteiger partial charge is 0.0991 e. The first-order valence-electron chi connectivity index (χ1n) is 10.3. The molecule has 6 heteroatoms. The third-order valence-corrected chi connectivity index (χ3v) is 6.10. The van der Waals surface area contributed by atoms with E-state index in [2.05, 4.69) is 20.5 Å². The lowest BCUT2D eigenvalue weighted by atomic mass is 10.0. The molecule has 0 radical (unpaired) electrons. The zero-order valence-electron chi connectivity index (χ0n) is 16.8. The molecule has 1 unspecified atom stereocenters. The standard InChI is InChI=1S/C24H25ClN4O/c25-21-4-1-3-20(14-21)24(30)23-5-2-10-28(23)11-12-29-17-27-16-22(29)13-18-6-8-19(15-26)9-7-18/h1,3-4,6-9,14,16-17,23-24,30H,2,5,10-13H2/t23?,24-/m1/s1. The molecule has 1 aliphatic rings. The topological polar surface area (TPSA) is 65.1 Å². The van der Waals surface area contributed by atoms with Gasteiger partial charge in [-0.2, -0.15) is 5.26 Å². The van der Waals surface area contributed by atoms with E-state index >= 15 is 0 Å². The highest BCUT2D eigenvalue weighted by molar-refractivity contribution is 6.30. The number of nitrogens with zero attached hydrogens (tertiary/aromatic N) is 4. The van der Waals surface area contributed by atoms with Gasteiger partial charge in [0.05, 0.1) is 24.1 Å². The Kier molecular flexibility index (Phi) is 6.49. The molecule has 1 N–H and O–H groups in total. The molecule has 1 aliphatic heterocycles. The van der Waals surface area contributed by atoms with Crippen LogP contribution in [0.5, 0.6) is 0 Å². The number of imidazole rings is 1. The number of likely N-dealkylation sites (tertiary alicyclic amines) is 1. The lowest BCUT2D eigenvalue weighted by Gasteiger charge is -2.29. The normalized spacial score (nSPS) is 17.7. The molecule has 0 saturated carbocycles. The molecule has 2 aromatic carbocycles. The molecule has 4 rings (SSSR count). The molecule has 2 atom stereocenters. The van der Waals surface area contributed by atoms with Gasteiger partial charge in [-0.3, -0.25) is 4.90 Å². The average Bonchev–Trinajstić information content (AvgIpc) is 3.41. The van der Waals surface area contributed by atoms with Gasteiger partial charge in [0.25, 0.3) is 0 Å². The van der Waals surface area contributed by atoms with Crippen LogP contribution in [0.15, 0.2) is 61.1 Å². The second-order valence-corrected chi connectivity index (χ2v) is 8.25. The molecular formula is C24H25ClN4O. The predicted octanol–water partition coefficient (Wildman–Crippen LogP) is 4.20. The van der Waals surface area contributed by atoms with E-state index in [-0.39, 0.29) is 6.04 Å². The third kappa shape index (κ3) is 4.73. The van der Waals surface area contributed by atoms with Crippen LogP contribution < -0.4 is 0 Å². The van der Waals surface area contributed by atoms with Gasteiger partial charge >= 0.3 is 0 Å². The van der Waals surface area contributed by atoms with Crippen molar-refractivity contribution in [2.24, 2.45) is 0 Å². The molecule has 0 amide bonds. The molecule has 0 bridgehead atoms. The lowest BCUT2D eigenvalue weighted by molar-refractivity contribution is 0.0707. The Morgan fingerprint density at radius 2 is 2.03 bits per heavy atom. The Balaban J connectivity index is 1.39. The fourth-order valence-corrected chi connectivity index (χ4v) is 4.44. The van der Waals surface area contributed by atoms with Crippen molar-refractivity contribution in [1.29, 1.82) is 5.26 Å². The molecule has 1 saturated heterocycles. The third-order valence-electron chi connectivity index (χ3n) is 5.86.